The van der Waals surface area contributed by atoms with Crippen molar-refractivity contribution in [2.75, 3.05) is 26.0 Å². The van der Waals surface area contributed by atoms with Gasteiger partial charge in [-0.05, 0) is 13.8 Å². The molecule has 0 rings (SSSR count). The van der Waals surface area contributed by atoms with Crippen LogP contribution >= 0.6 is 0 Å². The van der Waals surface area contributed by atoms with Crippen molar-refractivity contribution in [1.82, 2.24) is 4.90 Å². The van der Waals surface area contributed by atoms with Crippen molar-refractivity contribution < 1.29 is 27.1 Å². The highest BCUT2D eigenvalue weighted by Gasteiger charge is 2.41. The lowest BCUT2D eigenvalue weighted by molar-refractivity contribution is -0.135. The Morgan fingerprint density at radius 3 is 2.18 bits per heavy atom. The van der Waals surface area contributed by atoms with E-state index in [2.05, 4.69) is 0 Å². The maximum atomic E-state index is 12.2. The van der Waals surface area contributed by atoms with Gasteiger partial charge in [0.1, 0.15) is 4.75 Å². The molecule has 0 aromatic rings. The number of nitrogens with zero attached hydrogens (tertiary/aromatic N) is 1. The fraction of sp³-hybridized carbons (Fsp3) is 0.889. The van der Waals surface area contributed by atoms with Crippen molar-refractivity contribution in [3.8, 4) is 0 Å². The van der Waals surface area contributed by atoms with E-state index in [1.54, 1.807) is 0 Å². The Morgan fingerprint density at radius 1 is 1.41 bits per heavy atom. The first-order valence-corrected chi connectivity index (χ1v) is 6.81. The van der Waals surface area contributed by atoms with E-state index in [-0.39, 0.29) is 6.54 Å². The summed E-state index contributed by atoms with van der Waals surface area (Å²) < 4.78 is 45.5. The second kappa shape index (κ2) is 5.72. The minimum atomic E-state index is -3.72. The summed E-state index contributed by atoms with van der Waals surface area (Å²) in [6, 6.07) is 0. The second-order valence-corrected chi connectivity index (χ2v) is 6.71. The number of carbonyl (C=O) groups is 1. The number of amides is 1. The van der Waals surface area contributed by atoms with Crippen LogP contribution in [-0.2, 0) is 14.6 Å². The van der Waals surface area contributed by atoms with Gasteiger partial charge in [0.2, 0.25) is 5.91 Å². The van der Waals surface area contributed by atoms with Gasteiger partial charge < -0.3 is 10.0 Å². The second-order valence-electron chi connectivity index (χ2n) is 4.15. The number of aliphatic hydroxyl groups excluding tert-OH is 1. The third kappa shape index (κ3) is 4.19. The Kier molecular flexibility index (Phi) is 5.47. The fourth-order valence-corrected chi connectivity index (χ4v) is 1.55. The van der Waals surface area contributed by atoms with Gasteiger partial charge in [-0.15, -0.1) is 0 Å². The molecule has 1 amide bonds. The molecule has 0 spiro atoms. The van der Waals surface area contributed by atoms with Crippen LogP contribution < -0.4 is 0 Å². The summed E-state index contributed by atoms with van der Waals surface area (Å²) in [4.78, 5) is 12.5. The molecule has 1 N–H and O–H groups in total. The van der Waals surface area contributed by atoms with Crippen LogP contribution in [0.5, 0.6) is 0 Å². The Hall–Kier alpha value is -0.760. The fourth-order valence-electron chi connectivity index (χ4n) is 1.10. The highest BCUT2D eigenvalue weighted by Crippen LogP contribution is 2.19. The number of rotatable bonds is 6. The Morgan fingerprint density at radius 2 is 1.88 bits per heavy atom. The minimum absolute atomic E-state index is 0.317. The van der Waals surface area contributed by atoms with Crippen molar-refractivity contribution in [2.45, 2.75) is 25.0 Å². The zero-order valence-electron chi connectivity index (χ0n) is 9.98. The van der Waals surface area contributed by atoms with Gasteiger partial charge >= 0.3 is 0 Å². The Balaban J connectivity index is 5.08. The lowest BCUT2D eigenvalue weighted by Gasteiger charge is -2.30. The molecule has 0 radical (unpaired) electrons. The van der Waals surface area contributed by atoms with Gasteiger partial charge in [0.05, 0.1) is 13.2 Å². The number of sulfone groups is 1. The van der Waals surface area contributed by atoms with Crippen LogP contribution in [0.3, 0.4) is 0 Å². The molecule has 0 fully saturated rings. The molecule has 0 unspecified atom stereocenters. The number of alkyl halides is 2. The van der Waals surface area contributed by atoms with E-state index in [4.69, 9.17) is 5.11 Å². The standard InChI is InChI=1S/C9H17F2NO4S/c1-9(2,17(3,15)16)8(14)12(4-5-13)6-7(10)11/h7,13H,4-6H2,1-3H3. The lowest BCUT2D eigenvalue weighted by Crippen LogP contribution is -2.51. The van der Waals surface area contributed by atoms with Crippen molar-refractivity contribution in [3.63, 3.8) is 0 Å². The number of carbonyl (C=O) groups excluding carboxylic acids is 1. The van der Waals surface area contributed by atoms with E-state index in [1.807, 2.05) is 0 Å². The largest absolute Gasteiger partial charge is 0.395 e. The SMILES string of the molecule is CC(C)(C(=O)N(CCO)CC(F)F)S(C)(=O)=O. The third-order valence-corrected chi connectivity index (χ3v) is 4.49. The quantitative estimate of drug-likeness (QED) is 0.733. The molecule has 0 bridgehead atoms. The molecule has 0 aliphatic rings. The predicted molar refractivity (Wildman–Crippen MR) is 58.6 cm³/mol. The molecular formula is C9H17F2NO4S. The number of halogens is 2. The molecule has 5 nitrogen and oxygen atoms in total. The van der Waals surface area contributed by atoms with Gasteiger partial charge in [-0.2, -0.15) is 0 Å². The van der Waals surface area contributed by atoms with E-state index >= 15 is 0 Å². The summed E-state index contributed by atoms with van der Waals surface area (Å²) in [5.74, 6) is -0.936. The molecule has 0 heterocycles. The van der Waals surface area contributed by atoms with Gasteiger partial charge in [-0.25, -0.2) is 17.2 Å². The van der Waals surface area contributed by atoms with Crippen molar-refractivity contribution in [1.29, 1.82) is 0 Å². The van der Waals surface area contributed by atoms with Gasteiger partial charge in [-0.1, -0.05) is 0 Å². The molecular weight excluding hydrogens is 256 g/mol. The maximum Gasteiger partial charge on any atom is 0.255 e. The topological polar surface area (TPSA) is 74.7 Å². The van der Waals surface area contributed by atoms with Crippen molar-refractivity contribution in [3.05, 3.63) is 0 Å². The normalized spacial score (nSPS) is 12.9. The van der Waals surface area contributed by atoms with Crippen LogP contribution in [0.1, 0.15) is 13.8 Å². The van der Waals surface area contributed by atoms with Crippen LogP contribution in [0.4, 0.5) is 8.78 Å². The molecule has 8 heteroatoms. The third-order valence-electron chi connectivity index (χ3n) is 2.46. The first-order valence-electron chi connectivity index (χ1n) is 4.92. The van der Waals surface area contributed by atoms with Crippen LogP contribution in [0.2, 0.25) is 0 Å². The summed E-state index contributed by atoms with van der Waals surface area (Å²) in [6.45, 7) is 0.597. The molecule has 17 heavy (non-hydrogen) atoms. The Bertz CT molecular complexity index is 367. The summed E-state index contributed by atoms with van der Waals surface area (Å²) in [7, 11) is -3.72. The lowest BCUT2D eigenvalue weighted by atomic mass is 10.1. The molecule has 0 saturated carbocycles. The van der Waals surface area contributed by atoms with E-state index in [1.165, 1.54) is 0 Å². The zero-order chi connectivity index (χ0) is 13.9. The van der Waals surface area contributed by atoms with Crippen LogP contribution in [-0.4, -0.2) is 61.5 Å². The maximum absolute atomic E-state index is 12.2. The monoisotopic (exact) mass is 273 g/mol. The number of aliphatic hydroxyl groups is 1. The molecule has 0 atom stereocenters. The smallest absolute Gasteiger partial charge is 0.255 e. The van der Waals surface area contributed by atoms with E-state index in [9.17, 15) is 22.0 Å². The summed E-state index contributed by atoms with van der Waals surface area (Å²) in [6.07, 6.45) is -1.91. The number of hydrogen-bond acceptors (Lipinski definition) is 4. The highest BCUT2D eigenvalue weighted by molar-refractivity contribution is 7.92. The van der Waals surface area contributed by atoms with Crippen LogP contribution in [0.25, 0.3) is 0 Å². The van der Waals surface area contributed by atoms with Crippen molar-refractivity contribution in [2.24, 2.45) is 0 Å². The first kappa shape index (κ1) is 16.2. The predicted octanol–water partition coefficient (Wildman–Crippen LogP) is -0.104. The van der Waals surface area contributed by atoms with Gasteiger partial charge in [-0.3, -0.25) is 4.79 Å². The molecule has 102 valence electrons. The van der Waals surface area contributed by atoms with Crippen LogP contribution in [0.15, 0.2) is 0 Å². The minimum Gasteiger partial charge on any atom is -0.395 e. The first-order chi connectivity index (χ1) is 7.54. The van der Waals surface area contributed by atoms with E-state index in [0.29, 0.717) is 4.90 Å². The van der Waals surface area contributed by atoms with Gasteiger partial charge in [0.15, 0.2) is 9.84 Å². The molecule has 0 aliphatic carbocycles. The summed E-state index contributed by atoms with van der Waals surface area (Å²) >= 11 is 0. The molecule has 0 saturated heterocycles. The van der Waals surface area contributed by atoms with E-state index in [0.717, 1.165) is 20.1 Å². The summed E-state index contributed by atoms with van der Waals surface area (Å²) in [5, 5.41) is 8.68. The molecule has 0 aromatic heterocycles. The average molecular weight is 273 g/mol. The van der Waals surface area contributed by atoms with Gasteiger partial charge in [0, 0.05) is 12.8 Å². The summed E-state index contributed by atoms with van der Waals surface area (Å²) in [5.41, 5.74) is 0. The van der Waals surface area contributed by atoms with Gasteiger partial charge in [0.25, 0.3) is 6.43 Å². The van der Waals surface area contributed by atoms with Crippen LogP contribution in [0, 0.1) is 0 Å². The molecule has 0 aliphatic heterocycles. The average Bonchev–Trinajstić information content (AvgIpc) is 2.13. The number of hydrogen-bond donors (Lipinski definition) is 1. The molecule has 0 aromatic carbocycles. The highest BCUT2D eigenvalue weighted by atomic mass is 32.2. The van der Waals surface area contributed by atoms with Crippen molar-refractivity contribution >= 4 is 15.7 Å². The Labute approximate surface area is 99.3 Å². The zero-order valence-corrected chi connectivity index (χ0v) is 10.8. The van der Waals surface area contributed by atoms with E-state index < -0.39 is 40.1 Å².